The van der Waals surface area contributed by atoms with E-state index in [0.717, 1.165) is 50.0 Å². The van der Waals surface area contributed by atoms with Crippen molar-refractivity contribution in [3.05, 3.63) is 23.8 Å². The Balaban J connectivity index is 1.82. The van der Waals surface area contributed by atoms with Crippen LogP contribution in [0.15, 0.2) is 18.2 Å². The molecule has 1 aliphatic carbocycles. The van der Waals surface area contributed by atoms with E-state index in [1.165, 1.54) is 5.56 Å². The SMILES string of the molecule is COc1ccc(CCC2CCC(CS(=O)(=O)C(C)(C)C)CC2)cc1OC. The van der Waals surface area contributed by atoms with Crippen molar-refractivity contribution in [3.63, 3.8) is 0 Å². The van der Waals surface area contributed by atoms with Crippen LogP contribution >= 0.6 is 0 Å². The summed E-state index contributed by atoms with van der Waals surface area (Å²) in [6.07, 6.45) is 6.51. The number of hydrogen-bond donors (Lipinski definition) is 0. The summed E-state index contributed by atoms with van der Waals surface area (Å²) in [5, 5.41) is 0. The quantitative estimate of drug-likeness (QED) is 0.688. The molecule has 0 aromatic heterocycles. The molecule has 26 heavy (non-hydrogen) atoms. The smallest absolute Gasteiger partial charge is 0.160 e. The van der Waals surface area contributed by atoms with E-state index in [4.69, 9.17) is 9.47 Å². The number of ether oxygens (including phenoxy) is 2. The first-order chi connectivity index (χ1) is 12.2. The fourth-order valence-corrected chi connectivity index (χ4v) is 5.11. The van der Waals surface area contributed by atoms with Crippen molar-refractivity contribution >= 4 is 9.84 Å². The Morgan fingerprint density at radius 3 is 2.08 bits per heavy atom. The van der Waals surface area contributed by atoms with Gasteiger partial charge in [-0.1, -0.05) is 18.9 Å². The number of methoxy groups -OCH3 is 2. The molecule has 0 spiro atoms. The minimum atomic E-state index is -3.01. The predicted molar refractivity (Wildman–Crippen MR) is 107 cm³/mol. The normalized spacial score (nSPS) is 21.4. The third kappa shape index (κ3) is 5.38. The molecule has 2 rings (SSSR count). The Hall–Kier alpha value is -1.23. The van der Waals surface area contributed by atoms with Crippen LogP contribution in [0.1, 0.15) is 58.4 Å². The average Bonchev–Trinajstić information content (AvgIpc) is 2.59. The lowest BCUT2D eigenvalue weighted by Crippen LogP contribution is -2.34. The highest BCUT2D eigenvalue weighted by atomic mass is 32.2. The summed E-state index contributed by atoms with van der Waals surface area (Å²) in [5.41, 5.74) is 1.26. The molecule has 1 aromatic carbocycles. The van der Waals surface area contributed by atoms with Crippen molar-refractivity contribution in [2.75, 3.05) is 20.0 Å². The number of aryl methyl sites for hydroxylation is 1. The molecule has 0 radical (unpaired) electrons. The first-order valence-corrected chi connectivity index (χ1v) is 11.2. The lowest BCUT2D eigenvalue weighted by atomic mass is 9.80. The summed E-state index contributed by atoms with van der Waals surface area (Å²) in [6, 6.07) is 6.12. The van der Waals surface area contributed by atoms with Crippen LogP contribution in [0.2, 0.25) is 0 Å². The van der Waals surface area contributed by atoms with Crippen LogP contribution in [-0.4, -0.2) is 33.1 Å². The van der Waals surface area contributed by atoms with Gasteiger partial charge in [-0.3, -0.25) is 0 Å². The molecule has 5 heteroatoms. The fraction of sp³-hybridized carbons (Fsp3) is 0.714. The highest BCUT2D eigenvalue weighted by molar-refractivity contribution is 7.92. The van der Waals surface area contributed by atoms with E-state index in [1.807, 2.05) is 6.07 Å². The molecule has 0 unspecified atom stereocenters. The molecular weight excluding hydrogens is 348 g/mol. The summed E-state index contributed by atoms with van der Waals surface area (Å²) < 4.78 is 34.8. The molecule has 1 aromatic rings. The number of hydrogen-bond acceptors (Lipinski definition) is 4. The van der Waals surface area contributed by atoms with Gasteiger partial charge < -0.3 is 9.47 Å². The minimum Gasteiger partial charge on any atom is -0.493 e. The van der Waals surface area contributed by atoms with Crippen LogP contribution in [0.3, 0.4) is 0 Å². The van der Waals surface area contributed by atoms with Gasteiger partial charge in [0, 0.05) is 0 Å². The average molecular weight is 383 g/mol. The van der Waals surface area contributed by atoms with Crippen molar-refractivity contribution in [3.8, 4) is 11.5 Å². The van der Waals surface area contributed by atoms with Crippen LogP contribution < -0.4 is 9.47 Å². The topological polar surface area (TPSA) is 52.6 Å². The van der Waals surface area contributed by atoms with E-state index >= 15 is 0 Å². The van der Waals surface area contributed by atoms with Gasteiger partial charge in [-0.15, -0.1) is 0 Å². The zero-order valence-electron chi connectivity index (χ0n) is 16.9. The van der Waals surface area contributed by atoms with Crippen LogP contribution in [0.5, 0.6) is 11.5 Å². The lowest BCUT2D eigenvalue weighted by Gasteiger charge is -2.30. The molecule has 1 aliphatic rings. The van der Waals surface area contributed by atoms with Crippen LogP contribution in [0, 0.1) is 11.8 Å². The van der Waals surface area contributed by atoms with E-state index in [1.54, 1.807) is 35.0 Å². The van der Waals surface area contributed by atoms with E-state index in [-0.39, 0.29) is 0 Å². The largest absolute Gasteiger partial charge is 0.493 e. The van der Waals surface area contributed by atoms with Gasteiger partial charge >= 0.3 is 0 Å². The molecule has 1 saturated carbocycles. The van der Waals surface area contributed by atoms with Gasteiger partial charge in [-0.25, -0.2) is 8.42 Å². The number of benzene rings is 1. The third-order valence-corrected chi connectivity index (χ3v) is 8.42. The van der Waals surface area contributed by atoms with Crippen molar-refractivity contribution in [2.45, 2.75) is 64.0 Å². The zero-order chi connectivity index (χ0) is 19.4. The number of rotatable bonds is 7. The Morgan fingerprint density at radius 1 is 0.962 bits per heavy atom. The molecule has 0 bridgehead atoms. The van der Waals surface area contributed by atoms with E-state index in [2.05, 4.69) is 12.1 Å². The Morgan fingerprint density at radius 2 is 1.54 bits per heavy atom. The summed E-state index contributed by atoms with van der Waals surface area (Å²) >= 11 is 0. The highest BCUT2D eigenvalue weighted by Gasteiger charge is 2.33. The van der Waals surface area contributed by atoms with Gasteiger partial charge in [0.05, 0.1) is 24.7 Å². The maximum atomic E-state index is 12.4. The van der Waals surface area contributed by atoms with Crippen molar-refractivity contribution in [1.82, 2.24) is 0 Å². The molecule has 0 N–H and O–H groups in total. The summed E-state index contributed by atoms with van der Waals surface area (Å²) in [7, 11) is 0.300. The molecule has 148 valence electrons. The zero-order valence-corrected chi connectivity index (χ0v) is 17.7. The summed E-state index contributed by atoms with van der Waals surface area (Å²) in [6.45, 7) is 5.41. The van der Waals surface area contributed by atoms with E-state index < -0.39 is 14.6 Å². The van der Waals surface area contributed by atoms with Gasteiger partial charge in [0.2, 0.25) is 0 Å². The van der Waals surface area contributed by atoms with Gasteiger partial charge in [-0.05, 0) is 76.0 Å². The van der Waals surface area contributed by atoms with Crippen molar-refractivity contribution in [2.24, 2.45) is 11.8 Å². The van der Waals surface area contributed by atoms with Crippen LogP contribution in [-0.2, 0) is 16.3 Å². The van der Waals surface area contributed by atoms with Crippen LogP contribution in [0.25, 0.3) is 0 Å². The second kappa shape index (κ2) is 8.64. The molecular formula is C21H34O4S. The molecule has 1 fully saturated rings. The molecule has 4 nitrogen and oxygen atoms in total. The maximum Gasteiger partial charge on any atom is 0.160 e. The fourth-order valence-electron chi connectivity index (χ4n) is 3.65. The number of sulfone groups is 1. The predicted octanol–water partition coefficient (Wildman–Crippen LogP) is 4.66. The van der Waals surface area contributed by atoms with E-state index in [9.17, 15) is 8.42 Å². The minimum absolute atomic E-state index is 0.330. The van der Waals surface area contributed by atoms with E-state index in [0.29, 0.717) is 17.6 Å². The van der Waals surface area contributed by atoms with Gasteiger partial charge in [0.1, 0.15) is 0 Å². The third-order valence-electron chi connectivity index (χ3n) is 5.64. The monoisotopic (exact) mass is 382 g/mol. The van der Waals surface area contributed by atoms with Gasteiger partial charge in [0.25, 0.3) is 0 Å². The second-order valence-electron chi connectivity index (χ2n) is 8.51. The van der Waals surface area contributed by atoms with Gasteiger partial charge in [0.15, 0.2) is 21.3 Å². The van der Waals surface area contributed by atoms with Crippen LogP contribution in [0.4, 0.5) is 0 Å². The maximum absolute atomic E-state index is 12.4. The molecule has 0 aliphatic heterocycles. The molecule has 0 heterocycles. The van der Waals surface area contributed by atoms with Crippen molar-refractivity contribution in [1.29, 1.82) is 0 Å². The Kier molecular flexibility index (Phi) is 7.00. The summed E-state index contributed by atoms with van der Waals surface area (Å²) in [4.78, 5) is 0. The Labute approximate surface area is 159 Å². The molecule has 0 saturated heterocycles. The summed E-state index contributed by atoms with van der Waals surface area (Å²) in [5.74, 6) is 2.91. The second-order valence-corrected chi connectivity index (χ2v) is 11.3. The van der Waals surface area contributed by atoms with Crippen molar-refractivity contribution < 1.29 is 17.9 Å². The lowest BCUT2D eigenvalue weighted by molar-refractivity contribution is 0.278. The first-order valence-electron chi connectivity index (χ1n) is 9.59. The van der Waals surface area contributed by atoms with Gasteiger partial charge in [-0.2, -0.15) is 0 Å². The highest BCUT2D eigenvalue weighted by Crippen LogP contribution is 2.35. The first kappa shape index (κ1) is 21.1. The molecule has 0 atom stereocenters. The molecule has 0 amide bonds. The Bertz CT molecular complexity index is 680. The standard InChI is InChI=1S/C21H34O4S/c1-21(2,3)26(22,23)15-18-10-7-16(8-11-18)6-9-17-12-13-19(24-4)20(14-17)25-5/h12-14,16,18H,6-11,15H2,1-5H3.